The van der Waals surface area contributed by atoms with E-state index in [0.717, 1.165) is 5.56 Å². The molecule has 0 radical (unpaired) electrons. The fourth-order valence-electron chi connectivity index (χ4n) is 5.08. The number of esters is 2. The predicted octanol–water partition coefficient (Wildman–Crippen LogP) is 4.87. The summed E-state index contributed by atoms with van der Waals surface area (Å²) in [6, 6.07) is 23.6. The molecular weight excluding hydrogens is 572 g/mol. The van der Waals surface area contributed by atoms with Gasteiger partial charge in [0.2, 0.25) is 0 Å². The number of methoxy groups -OCH3 is 1. The predicted molar refractivity (Wildman–Crippen MR) is 172 cm³/mol. The Balaban J connectivity index is 1.88. The van der Waals surface area contributed by atoms with Crippen LogP contribution in [0.25, 0.3) is 6.08 Å². The van der Waals surface area contributed by atoms with Gasteiger partial charge < -0.3 is 29.5 Å². The smallest absolute Gasteiger partial charge is 0.336 e. The minimum Gasteiger partial charge on any atom is -0.497 e. The van der Waals surface area contributed by atoms with Gasteiger partial charge in [-0.1, -0.05) is 74.5 Å². The minimum atomic E-state index is -1.65. The number of aliphatic hydroxyl groups is 1. The van der Waals surface area contributed by atoms with Gasteiger partial charge in [-0.2, -0.15) is 0 Å². The summed E-state index contributed by atoms with van der Waals surface area (Å²) in [5, 5.41) is 14.6. The summed E-state index contributed by atoms with van der Waals surface area (Å²) >= 11 is 0. The maximum Gasteiger partial charge on any atom is 0.336 e. The molecule has 0 spiro atoms. The third-order valence-electron chi connectivity index (χ3n) is 7.30. The van der Waals surface area contributed by atoms with E-state index >= 15 is 0 Å². The van der Waals surface area contributed by atoms with Crippen molar-refractivity contribution in [3.05, 3.63) is 114 Å². The van der Waals surface area contributed by atoms with Crippen LogP contribution in [-0.4, -0.2) is 62.0 Å². The maximum absolute atomic E-state index is 13.8. The van der Waals surface area contributed by atoms with Crippen LogP contribution in [0.4, 0.5) is 5.69 Å². The highest BCUT2D eigenvalue weighted by molar-refractivity contribution is 5.95. The lowest BCUT2D eigenvalue weighted by Gasteiger charge is -2.37. The van der Waals surface area contributed by atoms with Crippen molar-refractivity contribution in [2.75, 3.05) is 31.8 Å². The van der Waals surface area contributed by atoms with Crippen LogP contribution in [0.15, 0.2) is 103 Å². The molecule has 0 aliphatic carbocycles. The quantitative estimate of drug-likeness (QED) is 0.230. The van der Waals surface area contributed by atoms with Crippen molar-refractivity contribution < 1.29 is 33.7 Å². The Hall–Kier alpha value is -4.89. The number of benzene rings is 3. The minimum absolute atomic E-state index is 0.0227. The molecule has 1 amide bonds. The number of anilines is 1. The first-order valence-corrected chi connectivity index (χ1v) is 14.9. The number of rotatable bonds is 6. The van der Waals surface area contributed by atoms with Crippen LogP contribution in [0.1, 0.15) is 37.4 Å². The largest absolute Gasteiger partial charge is 0.497 e. The van der Waals surface area contributed by atoms with E-state index in [1.807, 2.05) is 62.4 Å². The number of amides is 1. The first kappa shape index (κ1) is 33.0. The van der Waals surface area contributed by atoms with E-state index in [-0.39, 0.29) is 25.7 Å². The van der Waals surface area contributed by atoms with Gasteiger partial charge in [0.25, 0.3) is 5.91 Å². The molecule has 1 aliphatic rings. The van der Waals surface area contributed by atoms with Crippen molar-refractivity contribution in [1.82, 2.24) is 5.32 Å². The molecule has 9 heteroatoms. The van der Waals surface area contributed by atoms with Gasteiger partial charge in [0, 0.05) is 5.69 Å². The van der Waals surface area contributed by atoms with Crippen LogP contribution < -0.4 is 15.0 Å². The van der Waals surface area contributed by atoms with Gasteiger partial charge >= 0.3 is 11.9 Å². The molecular formula is C36H40N2O7. The Kier molecular flexibility index (Phi) is 11.9. The fourth-order valence-corrected chi connectivity index (χ4v) is 5.08. The van der Waals surface area contributed by atoms with Crippen LogP contribution in [0, 0.1) is 5.92 Å². The van der Waals surface area contributed by atoms with Gasteiger partial charge in [0.15, 0.2) is 6.10 Å². The van der Waals surface area contributed by atoms with Crippen LogP contribution in [0.5, 0.6) is 5.75 Å². The highest BCUT2D eigenvalue weighted by Crippen LogP contribution is 2.33. The Morgan fingerprint density at radius 1 is 0.911 bits per heavy atom. The summed E-state index contributed by atoms with van der Waals surface area (Å²) in [4.78, 5) is 42.2. The number of carbonyl (C=O) groups is 3. The van der Waals surface area contributed by atoms with Gasteiger partial charge in [-0.3, -0.25) is 4.79 Å². The Labute approximate surface area is 264 Å². The number of cyclic esters (lactones) is 2. The van der Waals surface area contributed by atoms with E-state index in [9.17, 15) is 19.5 Å². The molecule has 4 rings (SSSR count). The van der Waals surface area contributed by atoms with E-state index in [1.165, 1.54) is 0 Å². The van der Waals surface area contributed by atoms with Crippen molar-refractivity contribution in [3.63, 3.8) is 0 Å². The molecule has 45 heavy (non-hydrogen) atoms. The summed E-state index contributed by atoms with van der Waals surface area (Å²) in [5.41, 5.74) is 2.31. The van der Waals surface area contributed by atoms with E-state index < -0.39 is 36.0 Å². The second-order valence-electron chi connectivity index (χ2n) is 11.1. The van der Waals surface area contributed by atoms with Crippen LogP contribution >= 0.6 is 0 Å². The highest BCUT2D eigenvalue weighted by atomic mass is 16.5. The van der Waals surface area contributed by atoms with E-state index in [4.69, 9.17) is 14.2 Å². The molecule has 0 bridgehead atoms. The SMILES string of the molecule is COc1ccc(N2CC(=Cc3ccccc3)C(=O)OC/C=C/COC(=O)[C@H](CC(C)C)NC(=O)[C@@H](O)[C@@H]2c2ccccc2)cc1. The van der Waals surface area contributed by atoms with Crippen molar-refractivity contribution in [3.8, 4) is 5.75 Å². The fraction of sp³-hybridized carbons (Fsp3) is 0.306. The summed E-state index contributed by atoms with van der Waals surface area (Å²) in [5.74, 6) is -1.26. The van der Waals surface area contributed by atoms with Crippen molar-refractivity contribution in [1.29, 1.82) is 0 Å². The molecule has 9 nitrogen and oxygen atoms in total. The van der Waals surface area contributed by atoms with Crippen molar-refractivity contribution in [2.24, 2.45) is 5.92 Å². The van der Waals surface area contributed by atoms with Crippen LogP contribution in [0.3, 0.4) is 0 Å². The molecule has 0 fully saturated rings. The average molecular weight is 613 g/mol. The van der Waals surface area contributed by atoms with Crippen molar-refractivity contribution >= 4 is 29.6 Å². The molecule has 1 heterocycles. The van der Waals surface area contributed by atoms with Gasteiger partial charge in [0.1, 0.15) is 25.0 Å². The summed E-state index contributed by atoms with van der Waals surface area (Å²) in [6.07, 6.45) is 3.58. The van der Waals surface area contributed by atoms with Crippen molar-refractivity contribution in [2.45, 2.75) is 38.5 Å². The topological polar surface area (TPSA) is 114 Å². The summed E-state index contributed by atoms with van der Waals surface area (Å²) in [7, 11) is 1.56. The monoisotopic (exact) mass is 612 g/mol. The Bertz CT molecular complexity index is 1470. The van der Waals surface area contributed by atoms with Crippen LogP contribution in [-0.2, 0) is 23.9 Å². The molecule has 0 aromatic heterocycles. The van der Waals surface area contributed by atoms with Gasteiger partial charge in [-0.15, -0.1) is 0 Å². The molecule has 0 saturated heterocycles. The second-order valence-corrected chi connectivity index (χ2v) is 11.1. The summed E-state index contributed by atoms with van der Waals surface area (Å²) in [6.45, 7) is 3.74. The zero-order valence-corrected chi connectivity index (χ0v) is 25.8. The lowest BCUT2D eigenvalue weighted by Crippen LogP contribution is -2.51. The first-order valence-electron chi connectivity index (χ1n) is 14.9. The average Bonchev–Trinajstić information content (AvgIpc) is 3.05. The second kappa shape index (κ2) is 16.3. The lowest BCUT2D eigenvalue weighted by atomic mass is 9.96. The Morgan fingerprint density at radius 2 is 1.53 bits per heavy atom. The molecule has 2 N–H and O–H groups in total. The summed E-state index contributed by atoms with van der Waals surface area (Å²) < 4.78 is 16.4. The number of aliphatic hydroxyl groups excluding tert-OH is 1. The third kappa shape index (κ3) is 9.30. The number of carbonyl (C=O) groups excluding carboxylic acids is 3. The van der Waals surface area contributed by atoms with E-state index in [1.54, 1.807) is 66.6 Å². The van der Waals surface area contributed by atoms with Gasteiger partial charge in [-0.25, -0.2) is 9.59 Å². The molecule has 3 atom stereocenters. The van der Waals surface area contributed by atoms with Crippen LogP contribution in [0.2, 0.25) is 0 Å². The molecule has 0 unspecified atom stereocenters. The molecule has 236 valence electrons. The number of hydrogen-bond acceptors (Lipinski definition) is 8. The molecule has 3 aromatic rings. The zero-order chi connectivity index (χ0) is 32.2. The number of ether oxygens (including phenoxy) is 3. The molecule has 3 aromatic carbocycles. The zero-order valence-electron chi connectivity index (χ0n) is 25.8. The van der Waals surface area contributed by atoms with E-state index in [2.05, 4.69) is 5.32 Å². The van der Waals surface area contributed by atoms with E-state index in [0.29, 0.717) is 29.0 Å². The highest BCUT2D eigenvalue weighted by Gasteiger charge is 2.36. The first-order chi connectivity index (χ1) is 21.8. The number of hydrogen-bond donors (Lipinski definition) is 2. The lowest BCUT2D eigenvalue weighted by molar-refractivity contribution is -0.148. The normalized spacial score (nSPS) is 22.0. The maximum atomic E-state index is 13.8. The molecule has 0 saturated carbocycles. The third-order valence-corrected chi connectivity index (χ3v) is 7.30. The standard InChI is InChI=1S/C36H40N2O7/c1-25(2)22-31-36(42)45-21-11-10-20-44-35(41)28(23-26-12-6-4-7-13-26)24-38(29-16-18-30(43-3)19-17-29)32(33(39)34(40)37-31)27-14-8-5-9-15-27/h4-19,23,25,31-33,39H,20-22,24H2,1-3H3,(H,37,40)/b11-10+,28-23?/t31-,32-,33-/m0/s1. The molecule has 1 aliphatic heterocycles. The van der Waals surface area contributed by atoms with Gasteiger partial charge in [-0.05, 0) is 66.0 Å². The number of nitrogens with one attached hydrogen (secondary N) is 1. The number of nitrogens with zero attached hydrogens (tertiary/aromatic N) is 1. The van der Waals surface area contributed by atoms with Gasteiger partial charge in [0.05, 0.1) is 25.3 Å². The Morgan fingerprint density at radius 3 is 2.16 bits per heavy atom.